The zero-order valence-corrected chi connectivity index (χ0v) is 20.5. The van der Waals surface area contributed by atoms with Gasteiger partial charge in [0.05, 0.1) is 12.4 Å². The summed E-state index contributed by atoms with van der Waals surface area (Å²) in [6, 6.07) is 10.3. The number of nitrogens with zero attached hydrogens (tertiary/aromatic N) is 5. The Balaban J connectivity index is 1.37. The van der Waals surface area contributed by atoms with Crippen molar-refractivity contribution < 1.29 is 9.13 Å². The molecule has 3 heterocycles. The fraction of sp³-hybridized carbons (Fsp3) is 0.357. The van der Waals surface area contributed by atoms with Gasteiger partial charge in [-0.3, -0.25) is 4.98 Å². The highest BCUT2D eigenvalue weighted by Crippen LogP contribution is 2.42. The maximum atomic E-state index is 14.0. The van der Waals surface area contributed by atoms with E-state index in [9.17, 15) is 4.39 Å². The molecule has 184 valence electrons. The quantitative estimate of drug-likeness (QED) is 0.376. The molecule has 2 aliphatic rings. The van der Waals surface area contributed by atoms with Crippen LogP contribution in [0, 0.1) is 5.82 Å². The number of anilines is 1. The number of methoxy groups -OCH3 is 1. The molecule has 0 saturated heterocycles. The molecule has 1 aromatic carbocycles. The molecule has 36 heavy (non-hydrogen) atoms. The first-order valence-electron chi connectivity index (χ1n) is 12.5. The molecule has 4 aromatic rings. The van der Waals surface area contributed by atoms with Gasteiger partial charge in [0.15, 0.2) is 11.5 Å². The summed E-state index contributed by atoms with van der Waals surface area (Å²) in [4.78, 5) is 13.6. The number of aromatic nitrogens is 5. The zero-order valence-electron chi connectivity index (χ0n) is 20.5. The number of hydrogen-bond acceptors (Lipinski definition) is 6. The van der Waals surface area contributed by atoms with Crippen LogP contribution in [-0.2, 0) is 11.2 Å². The van der Waals surface area contributed by atoms with Gasteiger partial charge >= 0.3 is 0 Å². The molecule has 0 amide bonds. The molecule has 1 N–H and O–H groups in total. The van der Waals surface area contributed by atoms with Crippen LogP contribution in [0.3, 0.4) is 0 Å². The average molecular weight is 485 g/mol. The second-order valence-electron chi connectivity index (χ2n) is 9.78. The Morgan fingerprint density at radius 2 is 2.08 bits per heavy atom. The third-order valence-electron chi connectivity index (χ3n) is 7.40. The number of nitrogens with one attached hydrogen (secondary N) is 1. The second kappa shape index (κ2) is 9.43. The van der Waals surface area contributed by atoms with E-state index in [0.29, 0.717) is 23.9 Å². The standard InChI is InChI=1S/C28H29FN6O/c1-17(9-10-36-2)25-16-31-35-27(25)33-26(20-12-21(29)15-30-14-20)34-28(35)32-22-8-7-19-11-18-5-3-4-6-23(18)24(19)13-22/h3-6,12,14-17,22H,7-11,13H2,1-2H3,(H,32,33,34)/t17-,22-/m1/s1. The van der Waals surface area contributed by atoms with Crippen molar-refractivity contribution in [3.8, 4) is 11.4 Å². The molecule has 3 aromatic heterocycles. The van der Waals surface area contributed by atoms with E-state index in [-0.39, 0.29) is 12.0 Å². The van der Waals surface area contributed by atoms with Gasteiger partial charge in [0.1, 0.15) is 5.82 Å². The van der Waals surface area contributed by atoms with Crippen LogP contribution in [0.5, 0.6) is 0 Å². The molecule has 6 rings (SSSR count). The summed E-state index contributed by atoms with van der Waals surface area (Å²) in [6.45, 7) is 2.79. The Kier molecular flexibility index (Phi) is 5.97. The SMILES string of the molecule is COCC[C@@H](C)c1cnn2c(N[C@@H]3CCC4=C(C3)c3ccccc3C4)nc(-c3cncc(F)c3)nc12. The molecule has 7 nitrogen and oxygen atoms in total. The smallest absolute Gasteiger partial charge is 0.228 e. The highest BCUT2D eigenvalue weighted by atomic mass is 19.1. The van der Waals surface area contributed by atoms with Crippen LogP contribution in [0.1, 0.15) is 55.2 Å². The van der Waals surface area contributed by atoms with Gasteiger partial charge in [-0.1, -0.05) is 36.8 Å². The van der Waals surface area contributed by atoms with Crippen LogP contribution in [0.15, 0.2) is 54.5 Å². The summed E-state index contributed by atoms with van der Waals surface area (Å²) in [5.41, 5.74) is 8.10. The third kappa shape index (κ3) is 4.15. The predicted octanol–water partition coefficient (Wildman–Crippen LogP) is 5.44. The van der Waals surface area contributed by atoms with Gasteiger partial charge in [-0.25, -0.2) is 9.37 Å². The van der Waals surface area contributed by atoms with E-state index < -0.39 is 5.82 Å². The molecule has 0 unspecified atom stereocenters. The Bertz CT molecular complexity index is 1460. The Hall–Kier alpha value is -3.65. The molecule has 8 heteroatoms. The van der Waals surface area contributed by atoms with Gasteiger partial charge in [-0.2, -0.15) is 14.6 Å². The normalized spacial score (nSPS) is 17.8. The highest BCUT2D eigenvalue weighted by molar-refractivity contribution is 5.77. The molecule has 0 saturated carbocycles. The van der Waals surface area contributed by atoms with Crippen LogP contribution in [-0.4, -0.2) is 44.3 Å². The van der Waals surface area contributed by atoms with Crippen LogP contribution in [0.2, 0.25) is 0 Å². The van der Waals surface area contributed by atoms with Gasteiger partial charge in [0, 0.05) is 37.1 Å². The summed E-state index contributed by atoms with van der Waals surface area (Å²) < 4.78 is 21.1. The first-order valence-corrected chi connectivity index (χ1v) is 12.5. The lowest BCUT2D eigenvalue weighted by Crippen LogP contribution is -2.25. The average Bonchev–Trinajstić information content (AvgIpc) is 3.49. The maximum absolute atomic E-state index is 14.0. The largest absolute Gasteiger partial charge is 0.385 e. The summed E-state index contributed by atoms with van der Waals surface area (Å²) in [6.07, 6.45) is 9.57. The Labute approximate surface area is 209 Å². The number of hydrogen-bond donors (Lipinski definition) is 1. The van der Waals surface area contributed by atoms with Crippen LogP contribution < -0.4 is 5.32 Å². The minimum absolute atomic E-state index is 0.195. The lowest BCUT2D eigenvalue weighted by atomic mass is 9.88. The first kappa shape index (κ1) is 22.8. The monoisotopic (exact) mass is 484 g/mol. The molecule has 2 aliphatic carbocycles. The van der Waals surface area contributed by atoms with E-state index in [0.717, 1.165) is 43.3 Å². The summed E-state index contributed by atoms with van der Waals surface area (Å²) in [7, 11) is 1.70. The van der Waals surface area contributed by atoms with Crippen LogP contribution >= 0.6 is 0 Å². The summed E-state index contributed by atoms with van der Waals surface area (Å²) in [5, 5.41) is 8.32. The number of allylic oxidation sites excluding steroid dienone is 1. The fourth-order valence-electron chi connectivity index (χ4n) is 5.44. The van der Waals surface area contributed by atoms with Crippen molar-refractivity contribution in [1.29, 1.82) is 0 Å². The van der Waals surface area contributed by atoms with Crippen molar-refractivity contribution in [1.82, 2.24) is 24.6 Å². The molecular weight excluding hydrogens is 455 g/mol. The first-order chi connectivity index (χ1) is 17.6. The summed E-state index contributed by atoms with van der Waals surface area (Å²) in [5.74, 6) is 0.824. The number of pyridine rings is 1. The molecular formula is C28H29FN6O. The molecule has 0 aliphatic heterocycles. The van der Waals surface area contributed by atoms with E-state index in [1.807, 2.05) is 6.20 Å². The third-order valence-corrected chi connectivity index (χ3v) is 7.40. The Morgan fingerprint density at radius 3 is 2.94 bits per heavy atom. The molecule has 2 atom stereocenters. The minimum Gasteiger partial charge on any atom is -0.385 e. The van der Waals surface area contributed by atoms with E-state index >= 15 is 0 Å². The van der Waals surface area contributed by atoms with Crippen LogP contribution in [0.4, 0.5) is 10.3 Å². The lowest BCUT2D eigenvalue weighted by Gasteiger charge is -2.26. The maximum Gasteiger partial charge on any atom is 0.228 e. The van der Waals surface area contributed by atoms with Crippen molar-refractivity contribution in [2.45, 2.75) is 51.0 Å². The minimum atomic E-state index is -0.417. The van der Waals surface area contributed by atoms with Gasteiger partial charge in [-0.15, -0.1) is 0 Å². The van der Waals surface area contributed by atoms with Crippen LogP contribution in [0.25, 0.3) is 22.6 Å². The van der Waals surface area contributed by atoms with Crippen molar-refractivity contribution in [3.05, 3.63) is 77.0 Å². The molecule has 0 radical (unpaired) electrons. The highest BCUT2D eigenvalue weighted by Gasteiger charge is 2.29. The number of halogens is 1. The molecule has 0 fully saturated rings. The molecule has 0 spiro atoms. The topological polar surface area (TPSA) is 77.2 Å². The number of rotatable bonds is 7. The van der Waals surface area contributed by atoms with Gasteiger partial charge in [-0.05, 0) is 60.8 Å². The zero-order chi connectivity index (χ0) is 24.6. The molecule has 0 bridgehead atoms. The van der Waals surface area contributed by atoms with E-state index in [4.69, 9.17) is 14.7 Å². The van der Waals surface area contributed by atoms with Crippen molar-refractivity contribution in [2.24, 2.45) is 0 Å². The van der Waals surface area contributed by atoms with E-state index in [1.165, 1.54) is 29.0 Å². The van der Waals surface area contributed by atoms with Crippen molar-refractivity contribution in [2.75, 3.05) is 19.0 Å². The number of fused-ring (bicyclic) bond motifs is 3. The number of benzene rings is 1. The lowest BCUT2D eigenvalue weighted by molar-refractivity contribution is 0.189. The van der Waals surface area contributed by atoms with Crippen molar-refractivity contribution >= 4 is 17.2 Å². The van der Waals surface area contributed by atoms with Gasteiger partial charge < -0.3 is 10.1 Å². The Morgan fingerprint density at radius 1 is 1.19 bits per heavy atom. The van der Waals surface area contributed by atoms with Gasteiger partial charge in [0.25, 0.3) is 0 Å². The predicted molar refractivity (Wildman–Crippen MR) is 137 cm³/mol. The van der Waals surface area contributed by atoms with E-state index in [1.54, 1.807) is 23.4 Å². The van der Waals surface area contributed by atoms with E-state index in [2.05, 4.69) is 46.6 Å². The second-order valence-corrected chi connectivity index (χ2v) is 9.78. The van der Waals surface area contributed by atoms with Crippen molar-refractivity contribution in [3.63, 3.8) is 0 Å². The summed E-state index contributed by atoms with van der Waals surface area (Å²) >= 11 is 0. The fourth-order valence-corrected chi connectivity index (χ4v) is 5.44. The number of ether oxygens (including phenoxy) is 1. The van der Waals surface area contributed by atoms with Gasteiger partial charge in [0.2, 0.25) is 5.95 Å².